The Hall–Kier alpha value is -0.900. The summed E-state index contributed by atoms with van der Waals surface area (Å²) in [4.78, 5) is 0. The molecule has 0 aromatic heterocycles. The predicted octanol–water partition coefficient (Wildman–Crippen LogP) is 2.35. The summed E-state index contributed by atoms with van der Waals surface area (Å²) < 4.78 is 5.13. The van der Waals surface area contributed by atoms with Crippen molar-refractivity contribution in [3.05, 3.63) is 34.9 Å². The van der Waals surface area contributed by atoms with Crippen molar-refractivity contribution in [1.82, 2.24) is 5.43 Å². The van der Waals surface area contributed by atoms with Crippen molar-refractivity contribution >= 4 is 0 Å². The number of rotatable bonds is 7. The van der Waals surface area contributed by atoms with Crippen LogP contribution in [-0.4, -0.2) is 19.8 Å². The van der Waals surface area contributed by atoms with Crippen LogP contribution in [-0.2, 0) is 11.2 Å². The first kappa shape index (κ1) is 15.2. The van der Waals surface area contributed by atoms with Crippen LogP contribution in [0.25, 0.3) is 0 Å². The highest BCUT2D eigenvalue weighted by Crippen LogP contribution is 2.16. The first-order valence-corrected chi connectivity index (χ1v) is 6.59. The molecule has 0 aliphatic rings. The Morgan fingerprint density at radius 1 is 1.22 bits per heavy atom. The zero-order chi connectivity index (χ0) is 13.5. The lowest BCUT2D eigenvalue weighted by Gasteiger charge is -2.23. The first-order valence-electron chi connectivity index (χ1n) is 6.59. The van der Waals surface area contributed by atoms with Gasteiger partial charge in [0.15, 0.2) is 0 Å². The summed E-state index contributed by atoms with van der Waals surface area (Å²) in [5.74, 6) is 6.17. The van der Waals surface area contributed by atoms with Gasteiger partial charge in [-0.15, -0.1) is 0 Å². The molecule has 0 amide bonds. The van der Waals surface area contributed by atoms with Crippen molar-refractivity contribution in [2.24, 2.45) is 11.8 Å². The number of ether oxygens (including phenoxy) is 1. The molecule has 3 heteroatoms. The number of nitrogens with two attached hydrogens (primary N) is 1. The molecule has 0 heterocycles. The topological polar surface area (TPSA) is 47.3 Å². The van der Waals surface area contributed by atoms with Crippen LogP contribution in [0.1, 0.15) is 30.0 Å². The quantitative estimate of drug-likeness (QED) is 0.577. The fourth-order valence-corrected chi connectivity index (χ4v) is 2.37. The second kappa shape index (κ2) is 7.52. The molecule has 18 heavy (non-hydrogen) atoms. The molecule has 2 atom stereocenters. The normalized spacial score (nSPS) is 14.5. The Labute approximate surface area is 111 Å². The van der Waals surface area contributed by atoms with Crippen molar-refractivity contribution in [2.45, 2.75) is 39.7 Å². The highest BCUT2D eigenvalue weighted by atomic mass is 16.5. The van der Waals surface area contributed by atoms with Crippen molar-refractivity contribution in [1.29, 1.82) is 0 Å². The van der Waals surface area contributed by atoms with Gasteiger partial charge in [-0.1, -0.05) is 36.2 Å². The van der Waals surface area contributed by atoms with Gasteiger partial charge in [-0.3, -0.25) is 11.3 Å². The molecule has 0 spiro atoms. The third kappa shape index (κ3) is 4.77. The van der Waals surface area contributed by atoms with Gasteiger partial charge in [0.25, 0.3) is 0 Å². The number of benzene rings is 1. The standard InChI is InChI=1S/C15H26N2O/c1-11-7-12(2)9-14(8-11)10-15(17-16)13(3)5-6-18-4/h7-9,13,15,17H,5-6,10,16H2,1-4H3. The van der Waals surface area contributed by atoms with E-state index in [0.29, 0.717) is 12.0 Å². The zero-order valence-electron chi connectivity index (χ0n) is 12.0. The van der Waals surface area contributed by atoms with Gasteiger partial charge in [0.05, 0.1) is 0 Å². The molecule has 3 N–H and O–H groups in total. The SMILES string of the molecule is COCCC(C)C(Cc1cc(C)cc(C)c1)NN. The predicted molar refractivity (Wildman–Crippen MR) is 76.4 cm³/mol. The molecule has 3 nitrogen and oxygen atoms in total. The summed E-state index contributed by atoms with van der Waals surface area (Å²) in [5, 5.41) is 0. The van der Waals surface area contributed by atoms with Crippen molar-refractivity contribution < 1.29 is 4.74 Å². The number of hydrogen-bond acceptors (Lipinski definition) is 3. The summed E-state index contributed by atoms with van der Waals surface area (Å²) in [6.45, 7) is 7.27. The van der Waals surface area contributed by atoms with E-state index in [1.54, 1.807) is 7.11 Å². The molecule has 0 aliphatic heterocycles. The minimum atomic E-state index is 0.293. The third-order valence-corrected chi connectivity index (χ3v) is 3.42. The molecule has 0 bridgehead atoms. The van der Waals surface area contributed by atoms with Crippen LogP contribution in [0.4, 0.5) is 0 Å². The largest absolute Gasteiger partial charge is 0.385 e. The molecule has 0 radical (unpaired) electrons. The minimum Gasteiger partial charge on any atom is -0.385 e. The van der Waals surface area contributed by atoms with E-state index in [1.165, 1.54) is 16.7 Å². The monoisotopic (exact) mass is 250 g/mol. The lowest BCUT2D eigenvalue weighted by Crippen LogP contribution is -2.41. The molecule has 1 rings (SSSR count). The average Bonchev–Trinajstić information content (AvgIpc) is 2.31. The molecule has 0 aliphatic carbocycles. The van der Waals surface area contributed by atoms with Gasteiger partial charge >= 0.3 is 0 Å². The molecular formula is C15H26N2O. The highest BCUT2D eigenvalue weighted by Gasteiger charge is 2.16. The van der Waals surface area contributed by atoms with Crippen LogP contribution in [0, 0.1) is 19.8 Å². The van der Waals surface area contributed by atoms with Crippen molar-refractivity contribution in [2.75, 3.05) is 13.7 Å². The Kier molecular flexibility index (Phi) is 6.33. The Morgan fingerprint density at radius 3 is 2.33 bits per heavy atom. The van der Waals surface area contributed by atoms with Crippen LogP contribution in [0.2, 0.25) is 0 Å². The smallest absolute Gasteiger partial charge is 0.0465 e. The van der Waals surface area contributed by atoms with E-state index in [9.17, 15) is 0 Å². The average molecular weight is 250 g/mol. The van der Waals surface area contributed by atoms with E-state index in [4.69, 9.17) is 10.6 Å². The number of hydrogen-bond donors (Lipinski definition) is 2. The molecule has 1 aromatic carbocycles. The third-order valence-electron chi connectivity index (χ3n) is 3.42. The van der Waals surface area contributed by atoms with Gasteiger partial charge in [-0.2, -0.15) is 0 Å². The van der Waals surface area contributed by atoms with E-state index in [-0.39, 0.29) is 0 Å². The van der Waals surface area contributed by atoms with Gasteiger partial charge in [0, 0.05) is 19.8 Å². The van der Waals surface area contributed by atoms with Crippen molar-refractivity contribution in [3.63, 3.8) is 0 Å². The fraction of sp³-hybridized carbons (Fsp3) is 0.600. The zero-order valence-corrected chi connectivity index (χ0v) is 12.0. The summed E-state index contributed by atoms with van der Waals surface area (Å²) in [5.41, 5.74) is 6.91. The van der Waals surface area contributed by atoms with Gasteiger partial charge in [-0.25, -0.2) is 0 Å². The lowest BCUT2D eigenvalue weighted by molar-refractivity contribution is 0.170. The van der Waals surface area contributed by atoms with Crippen LogP contribution < -0.4 is 11.3 Å². The fourth-order valence-electron chi connectivity index (χ4n) is 2.37. The van der Waals surface area contributed by atoms with Gasteiger partial charge < -0.3 is 4.74 Å². The number of aryl methyl sites for hydroxylation is 2. The molecule has 0 saturated heterocycles. The molecule has 102 valence electrons. The molecule has 0 saturated carbocycles. The Morgan fingerprint density at radius 2 is 1.83 bits per heavy atom. The van der Waals surface area contributed by atoms with Crippen LogP contribution >= 0.6 is 0 Å². The van der Waals surface area contributed by atoms with Gasteiger partial charge in [-0.05, 0) is 38.2 Å². The maximum absolute atomic E-state index is 5.68. The maximum atomic E-state index is 5.68. The Bertz CT molecular complexity index is 345. The maximum Gasteiger partial charge on any atom is 0.0465 e. The Balaban J connectivity index is 2.66. The van der Waals surface area contributed by atoms with E-state index < -0.39 is 0 Å². The van der Waals surface area contributed by atoms with Crippen LogP contribution in [0.5, 0.6) is 0 Å². The lowest BCUT2D eigenvalue weighted by atomic mass is 9.92. The summed E-state index contributed by atoms with van der Waals surface area (Å²) in [7, 11) is 1.74. The van der Waals surface area contributed by atoms with Crippen LogP contribution in [0.3, 0.4) is 0 Å². The first-order chi connectivity index (χ1) is 8.56. The van der Waals surface area contributed by atoms with Crippen LogP contribution in [0.15, 0.2) is 18.2 Å². The van der Waals surface area contributed by atoms with E-state index in [0.717, 1.165) is 19.4 Å². The number of hydrazine groups is 1. The van der Waals surface area contributed by atoms with Crippen molar-refractivity contribution in [3.8, 4) is 0 Å². The molecule has 0 fully saturated rings. The second-order valence-corrected chi connectivity index (χ2v) is 5.23. The van der Waals surface area contributed by atoms with E-state index in [2.05, 4.69) is 44.4 Å². The van der Waals surface area contributed by atoms with Gasteiger partial charge in [0.2, 0.25) is 0 Å². The molecule has 2 unspecified atom stereocenters. The minimum absolute atomic E-state index is 0.293. The molecule has 1 aromatic rings. The highest BCUT2D eigenvalue weighted by molar-refractivity contribution is 5.29. The summed E-state index contributed by atoms with van der Waals surface area (Å²) in [6, 6.07) is 6.96. The molecular weight excluding hydrogens is 224 g/mol. The number of nitrogens with one attached hydrogen (secondary N) is 1. The number of methoxy groups -OCH3 is 1. The summed E-state index contributed by atoms with van der Waals surface area (Å²) in [6.07, 6.45) is 1.99. The second-order valence-electron chi connectivity index (χ2n) is 5.23. The van der Waals surface area contributed by atoms with E-state index >= 15 is 0 Å². The van der Waals surface area contributed by atoms with E-state index in [1.807, 2.05) is 0 Å². The summed E-state index contributed by atoms with van der Waals surface area (Å²) >= 11 is 0. The van der Waals surface area contributed by atoms with Gasteiger partial charge in [0.1, 0.15) is 0 Å².